The van der Waals surface area contributed by atoms with Gasteiger partial charge in [-0.1, -0.05) is 12.0 Å². The molecular formula is C19H19NO3. The van der Waals surface area contributed by atoms with Gasteiger partial charge in [0.25, 0.3) is 0 Å². The summed E-state index contributed by atoms with van der Waals surface area (Å²) in [6, 6.07) is 14.6. The Morgan fingerprint density at radius 1 is 1.17 bits per heavy atom. The van der Waals surface area contributed by atoms with Gasteiger partial charge in [0, 0.05) is 17.7 Å². The normalized spacial score (nSPS) is 9.74. The van der Waals surface area contributed by atoms with Crippen molar-refractivity contribution in [2.24, 2.45) is 0 Å². The van der Waals surface area contributed by atoms with E-state index in [0.717, 1.165) is 17.1 Å². The highest BCUT2D eigenvalue weighted by Crippen LogP contribution is 2.17. The first-order valence-corrected chi connectivity index (χ1v) is 7.34. The zero-order valence-corrected chi connectivity index (χ0v) is 13.0. The van der Waals surface area contributed by atoms with Gasteiger partial charge in [-0.05, 0) is 48.9 Å². The van der Waals surface area contributed by atoms with Crippen LogP contribution in [0.5, 0.6) is 11.5 Å². The molecule has 2 rings (SSSR count). The number of terminal acetylenes is 1. The van der Waals surface area contributed by atoms with Crippen LogP contribution in [0.25, 0.3) is 0 Å². The lowest BCUT2D eigenvalue weighted by molar-refractivity contribution is -0.116. The van der Waals surface area contributed by atoms with Gasteiger partial charge >= 0.3 is 0 Å². The molecule has 0 saturated carbocycles. The molecule has 0 bridgehead atoms. The van der Waals surface area contributed by atoms with Crippen molar-refractivity contribution in [2.75, 3.05) is 19.0 Å². The van der Waals surface area contributed by atoms with E-state index in [1.165, 1.54) is 0 Å². The average Bonchev–Trinajstić information content (AvgIpc) is 2.59. The van der Waals surface area contributed by atoms with Crippen molar-refractivity contribution < 1.29 is 14.3 Å². The van der Waals surface area contributed by atoms with E-state index in [1.807, 2.05) is 42.5 Å². The minimum Gasteiger partial charge on any atom is -0.497 e. The molecule has 23 heavy (non-hydrogen) atoms. The van der Waals surface area contributed by atoms with E-state index >= 15 is 0 Å². The van der Waals surface area contributed by atoms with E-state index in [0.29, 0.717) is 25.1 Å². The molecule has 0 saturated heterocycles. The lowest BCUT2D eigenvalue weighted by atomic mass is 10.2. The summed E-state index contributed by atoms with van der Waals surface area (Å²) in [5.41, 5.74) is 1.45. The van der Waals surface area contributed by atoms with Crippen LogP contribution in [0.1, 0.15) is 18.4 Å². The van der Waals surface area contributed by atoms with Crippen LogP contribution >= 0.6 is 0 Å². The number of ether oxygens (including phenoxy) is 2. The van der Waals surface area contributed by atoms with E-state index in [4.69, 9.17) is 15.9 Å². The quantitative estimate of drug-likeness (QED) is 0.629. The van der Waals surface area contributed by atoms with Crippen molar-refractivity contribution in [3.63, 3.8) is 0 Å². The van der Waals surface area contributed by atoms with Crippen LogP contribution in [0.3, 0.4) is 0 Å². The molecule has 0 aromatic heterocycles. The predicted molar refractivity (Wildman–Crippen MR) is 90.7 cm³/mol. The number of carbonyl (C=O) groups excluding carboxylic acids is 1. The standard InChI is InChI=1S/C19H19NO3/c1-3-15-6-4-7-16(14-15)20-19(21)8-5-13-23-18-11-9-17(22-2)10-12-18/h1,4,6-7,9-12,14H,5,8,13H2,2H3,(H,20,21). The minimum absolute atomic E-state index is 0.0579. The zero-order valence-electron chi connectivity index (χ0n) is 13.0. The molecule has 2 aromatic carbocycles. The summed E-state index contributed by atoms with van der Waals surface area (Å²) >= 11 is 0. The number of amides is 1. The molecule has 0 spiro atoms. The molecule has 0 fully saturated rings. The van der Waals surface area contributed by atoms with Crippen molar-refractivity contribution in [3.05, 3.63) is 54.1 Å². The minimum atomic E-state index is -0.0579. The van der Waals surface area contributed by atoms with Crippen LogP contribution in [0.2, 0.25) is 0 Å². The molecule has 1 amide bonds. The average molecular weight is 309 g/mol. The molecule has 0 aliphatic rings. The lowest BCUT2D eigenvalue weighted by Crippen LogP contribution is -2.12. The topological polar surface area (TPSA) is 47.6 Å². The van der Waals surface area contributed by atoms with Gasteiger partial charge in [0.2, 0.25) is 5.91 Å². The summed E-state index contributed by atoms with van der Waals surface area (Å²) in [6.45, 7) is 0.476. The van der Waals surface area contributed by atoms with E-state index in [9.17, 15) is 4.79 Å². The van der Waals surface area contributed by atoms with Gasteiger partial charge in [-0.2, -0.15) is 0 Å². The molecule has 0 aliphatic heterocycles. The maximum Gasteiger partial charge on any atom is 0.224 e. The Kier molecular flexibility index (Phi) is 6.07. The molecule has 0 atom stereocenters. The second kappa shape index (κ2) is 8.50. The molecule has 2 aromatic rings. The van der Waals surface area contributed by atoms with Crippen LogP contribution in [0.4, 0.5) is 5.69 Å². The Labute approximate surface area is 136 Å². The number of methoxy groups -OCH3 is 1. The van der Waals surface area contributed by atoms with Crippen molar-refractivity contribution in [1.29, 1.82) is 0 Å². The molecular weight excluding hydrogens is 290 g/mol. The van der Waals surface area contributed by atoms with Crippen molar-refractivity contribution in [1.82, 2.24) is 0 Å². The predicted octanol–water partition coefficient (Wildman–Crippen LogP) is 3.47. The summed E-state index contributed by atoms with van der Waals surface area (Å²) in [4.78, 5) is 11.9. The number of hydrogen-bond acceptors (Lipinski definition) is 3. The third-order valence-corrected chi connectivity index (χ3v) is 3.19. The van der Waals surface area contributed by atoms with Crippen LogP contribution in [0.15, 0.2) is 48.5 Å². The summed E-state index contributed by atoms with van der Waals surface area (Å²) in [5, 5.41) is 2.82. The number of anilines is 1. The van der Waals surface area contributed by atoms with E-state index in [1.54, 1.807) is 13.2 Å². The zero-order chi connectivity index (χ0) is 16.5. The van der Waals surface area contributed by atoms with Gasteiger partial charge in [0.15, 0.2) is 0 Å². The molecule has 0 radical (unpaired) electrons. The summed E-state index contributed by atoms with van der Waals surface area (Å²) in [5.74, 6) is 4.02. The maximum atomic E-state index is 11.9. The first-order chi connectivity index (χ1) is 11.2. The Morgan fingerprint density at radius 2 is 1.91 bits per heavy atom. The second-order valence-electron chi connectivity index (χ2n) is 4.90. The van der Waals surface area contributed by atoms with Crippen LogP contribution in [0, 0.1) is 12.3 Å². The van der Waals surface area contributed by atoms with Crippen LogP contribution in [-0.4, -0.2) is 19.6 Å². The molecule has 0 unspecified atom stereocenters. The Morgan fingerprint density at radius 3 is 2.61 bits per heavy atom. The summed E-state index contributed by atoms with van der Waals surface area (Å²) in [6.07, 6.45) is 6.35. The molecule has 0 heterocycles. The van der Waals surface area contributed by atoms with Gasteiger partial charge < -0.3 is 14.8 Å². The van der Waals surface area contributed by atoms with E-state index < -0.39 is 0 Å². The van der Waals surface area contributed by atoms with Crippen molar-refractivity contribution in [2.45, 2.75) is 12.8 Å². The van der Waals surface area contributed by atoms with Gasteiger partial charge in [0.1, 0.15) is 11.5 Å². The van der Waals surface area contributed by atoms with Gasteiger partial charge in [-0.25, -0.2) is 0 Å². The highest BCUT2D eigenvalue weighted by molar-refractivity contribution is 5.90. The first kappa shape index (κ1) is 16.4. The van der Waals surface area contributed by atoms with Crippen LogP contribution in [-0.2, 0) is 4.79 Å². The van der Waals surface area contributed by atoms with E-state index in [-0.39, 0.29) is 5.91 Å². The fourth-order valence-corrected chi connectivity index (χ4v) is 2.00. The third-order valence-electron chi connectivity index (χ3n) is 3.19. The van der Waals surface area contributed by atoms with Crippen molar-refractivity contribution in [3.8, 4) is 23.8 Å². The fourth-order valence-electron chi connectivity index (χ4n) is 2.00. The van der Waals surface area contributed by atoms with E-state index in [2.05, 4.69) is 11.2 Å². The van der Waals surface area contributed by atoms with Crippen LogP contribution < -0.4 is 14.8 Å². The van der Waals surface area contributed by atoms with Gasteiger partial charge in [-0.3, -0.25) is 4.79 Å². The molecule has 4 nitrogen and oxygen atoms in total. The Hall–Kier alpha value is -2.93. The molecule has 1 N–H and O–H groups in total. The Bertz CT molecular complexity index is 687. The fraction of sp³-hybridized carbons (Fsp3) is 0.211. The van der Waals surface area contributed by atoms with Gasteiger partial charge in [-0.15, -0.1) is 6.42 Å². The second-order valence-corrected chi connectivity index (χ2v) is 4.90. The summed E-state index contributed by atoms with van der Waals surface area (Å²) < 4.78 is 10.7. The molecule has 0 aliphatic carbocycles. The summed E-state index contributed by atoms with van der Waals surface area (Å²) in [7, 11) is 1.62. The number of benzene rings is 2. The highest BCUT2D eigenvalue weighted by Gasteiger charge is 2.03. The van der Waals surface area contributed by atoms with Gasteiger partial charge in [0.05, 0.1) is 13.7 Å². The number of carbonyl (C=O) groups is 1. The highest BCUT2D eigenvalue weighted by atomic mass is 16.5. The van der Waals surface area contributed by atoms with Crippen molar-refractivity contribution >= 4 is 11.6 Å². The lowest BCUT2D eigenvalue weighted by Gasteiger charge is -2.08. The molecule has 4 heteroatoms. The SMILES string of the molecule is C#Cc1cccc(NC(=O)CCCOc2ccc(OC)cc2)c1. The maximum absolute atomic E-state index is 11.9. The third kappa shape index (κ3) is 5.40. The number of hydrogen-bond donors (Lipinski definition) is 1. The first-order valence-electron chi connectivity index (χ1n) is 7.34. The molecule has 118 valence electrons. The smallest absolute Gasteiger partial charge is 0.224 e. The number of rotatable bonds is 7. The number of nitrogens with one attached hydrogen (secondary N) is 1. The Balaban J connectivity index is 1.71. The largest absolute Gasteiger partial charge is 0.497 e. The monoisotopic (exact) mass is 309 g/mol.